The first-order chi connectivity index (χ1) is 13.9. The average Bonchev–Trinajstić information content (AvgIpc) is 3.44. The molecule has 2 aliphatic heterocycles. The summed E-state index contributed by atoms with van der Waals surface area (Å²) in [5.41, 5.74) is 0.377. The molecule has 0 aromatic carbocycles. The number of amides is 4. The van der Waals surface area contributed by atoms with Crippen molar-refractivity contribution in [3.63, 3.8) is 0 Å². The van der Waals surface area contributed by atoms with Crippen LogP contribution in [0, 0.1) is 0 Å². The number of hydrogen-bond acceptors (Lipinski definition) is 7. The molecule has 4 heterocycles. The van der Waals surface area contributed by atoms with Crippen molar-refractivity contribution in [1.82, 2.24) is 19.7 Å². The molecular formula is C18H17ClN4O4S2. The summed E-state index contributed by atoms with van der Waals surface area (Å²) >= 11 is 8.76. The van der Waals surface area contributed by atoms with Gasteiger partial charge in [0.25, 0.3) is 5.91 Å². The number of imide groups is 1. The van der Waals surface area contributed by atoms with Crippen LogP contribution in [0.1, 0.15) is 23.3 Å². The SMILES string of the molecule is O=C(CN1C(=O)CCC1=O)N1CCN(C(=O)c2csc(-c3ccc(Cl)s3)n2)CC1. The van der Waals surface area contributed by atoms with Crippen LogP contribution in [-0.4, -0.2) is 76.0 Å². The molecule has 4 amide bonds. The van der Waals surface area contributed by atoms with E-state index in [2.05, 4.69) is 4.98 Å². The molecule has 4 rings (SSSR count). The number of carbonyl (C=O) groups is 4. The van der Waals surface area contributed by atoms with Gasteiger partial charge in [-0.15, -0.1) is 22.7 Å². The molecule has 0 radical (unpaired) electrons. The fourth-order valence-corrected chi connectivity index (χ4v) is 5.18. The standard InChI is InChI=1S/C18H17ClN4O4S2/c19-13-2-1-12(29-13)17-20-11(10-28-17)18(27)22-7-5-21(6-8-22)16(26)9-23-14(24)3-4-15(23)25/h1-2,10H,3-9H2. The monoisotopic (exact) mass is 452 g/mol. The average molecular weight is 453 g/mol. The van der Waals surface area contributed by atoms with E-state index < -0.39 is 0 Å². The highest BCUT2D eigenvalue weighted by molar-refractivity contribution is 7.23. The van der Waals surface area contributed by atoms with Crippen molar-refractivity contribution >= 4 is 57.9 Å². The summed E-state index contributed by atoms with van der Waals surface area (Å²) in [6.45, 7) is 1.26. The van der Waals surface area contributed by atoms with Gasteiger partial charge in [-0.25, -0.2) is 4.98 Å². The number of thiazole rings is 1. The Morgan fingerprint density at radius 1 is 1.03 bits per heavy atom. The van der Waals surface area contributed by atoms with Crippen LogP contribution in [0.5, 0.6) is 0 Å². The Hall–Kier alpha value is -2.30. The van der Waals surface area contributed by atoms with Gasteiger partial charge in [0.05, 0.1) is 9.21 Å². The van der Waals surface area contributed by atoms with Crippen molar-refractivity contribution in [3.8, 4) is 9.88 Å². The Kier molecular flexibility index (Phi) is 5.66. The number of piperazine rings is 1. The van der Waals surface area contributed by atoms with Crippen molar-refractivity contribution in [2.24, 2.45) is 0 Å². The molecule has 8 nitrogen and oxygen atoms in total. The topological polar surface area (TPSA) is 90.9 Å². The van der Waals surface area contributed by atoms with Gasteiger partial charge in [0.1, 0.15) is 17.2 Å². The molecule has 0 unspecified atom stereocenters. The van der Waals surface area contributed by atoms with E-state index in [1.807, 2.05) is 6.07 Å². The molecule has 0 saturated carbocycles. The van der Waals surface area contributed by atoms with E-state index in [4.69, 9.17) is 11.6 Å². The zero-order valence-corrected chi connectivity index (χ0v) is 17.7. The van der Waals surface area contributed by atoms with Gasteiger partial charge in [0, 0.05) is 44.4 Å². The number of aromatic nitrogens is 1. The van der Waals surface area contributed by atoms with E-state index in [0.717, 1.165) is 14.8 Å². The van der Waals surface area contributed by atoms with E-state index in [0.29, 0.717) is 36.2 Å². The van der Waals surface area contributed by atoms with Crippen LogP contribution in [0.25, 0.3) is 9.88 Å². The van der Waals surface area contributed by atoms with Crippen LogP contribution in [0.2, 0.25) is 4.34 Å². The van der Waals surface area contributed by atoms with Crippen LogP contribution in [0.15, 0.2) is 17.5 Å². The van der Waals surface area contributed by atoms with Crippen LogP contribution >= 0.6 is 34.3 Å². The minimum atomic E-state index is -0.302. The molecule has 0 N–H and O–H groups in total. The quantitative estimate of drug-likeness (QED) is 0.661. The maximum Gasteiger partial charge on any atom is 0.273 e. The molecule has 0 spiro atoms. The Morgan fingerprint density at radius 3 is 2.31 bits per heavy atom. The van der Waals surface area contributed by atoms with Crippen LogP contribution in [-0.2, 0) is 14.4 Å². The number of hydrogen-bond donors (Lipinski definition) is 0. The highest BCUT2D eigenvalue weighted by Gasteiger charge is 2.33. The summed E-state index contributed by atoms with van der Waals surface area (Å²) in [5.74, 6) is -1.05. The van der Waals surface area contributed by atoms with Crippen LogP contribution in [0.4, 0.5) is 0 Å². The van der Waals surface area contributed by atoms with Gasteiger partial charge in [-0.1, -0.05) is 11.6 Å². The van der Waals surface area contributed by atoms with Gasteiger partial charge in [-0.2, -0.15) is 0 Å². The minimum absolute atomic E-state index is 0.168. The summed E-state index contributed by atoms with van der Waals surface area (Å²) in [4.78, 5) is 58.1. The second-order valence-electron chi connectivity index (χ2n) is 6.69. The summed E-state index contributed by atoms with van der Waals surface area (Å²) in [6, 6.07) is 3.67. The molecular weight excluding hydrogens is 436 g/mol. The van der Waals surface area contributed by atoms with E-state index in [1.54, 1.807) is 21.2 Å². The van der Waals surface area contributed by atoms with Gasteiger partial charge < -0.3 is 9.80 Å². The van der Waals surface area contributed by atoms with Crippen LogP contribution < -0.4 is 0 Å². The number of carbonyl (C=O) groups excluding carboxylic acids is 4. The van der Waals surface area contributed by atoms with Gasteiger partial charge in [-0.3, -0.25) is 24.1 Å². The molecule has 2 aromatic heterocycles. The summed E-state index contributed by atoms with van der Waals surface area (Å²) in [5, 5.41) is 2.48. The molecule has 2 aromatic rings. The van der Waals surface area contributed by atoms with E-state index in [-0.39, 0.29) is 43.0 Å². The molecule has 0 atom stereocenters. The number of likely N-dealkylation sites (tertiary alicyclic amines) is 1. The maximum atomic E-state index is 12.7. The number of halogens is 1. The van der Waals surface area contributed by atoms with Gasteiger partial charge >= 0.3 is 0 Å². The molecule has 2 fully saturated rings. The Bertz CT molecular complexity index is 964. The summed E-state index contributed by atoms with van der Waals surface area (Å²) in [7, 11) is 0. The van der Waals surface area contributed by atoms with Crippen molar-refractivity contribution in [3.05, 3.63) is 27.5 Å². The predicted octanol–water partition coefficient (Wildman–Crippen LogP) is 1.96. The lowest BCUT2D eigenvalue weighted by Crippen LogP contribution is -2.53. The lowest BCUT2D eigenvalue weighted by Gasteiger charge is -2.35. The normalized spacial score (nSPS) is 17.3. The number of rotatable bonds is 4. The van der Waals surface area contributed by atoms with E-state index in [1.165, 1.54) is 22.7 Å². The van der Waals surface area contributed by atoms with E-state index >= 15 is 0 Å². The third-order valence-electron chi connectivity index (χ3n) is 4.88. The zero-order valence-electron chi connectivity index (χ0n) is 15.3. The van der Waals surface area contributed by atoms with Crippen molar-refractivity contribution in [2.75, 3.05) is 32.7 Å². The first-order valence-corrected chi connectivity index (χ1v) is 11.1. The summed E-state index contributed by atoms with van der Waals surface area (Å²) in [6.07, 6.45) is 0.337. The molecule has 152 valence electrons. The Morgan fingerprint density at radius 2 is 1.69 bits per heavy atom. The lowest BCUT2D eigenvalue weighted by molar-refractivity contribution is -0.146. The molecule has 11 heteroatoms. The second kappa shape index (κ2) is 8.21. The highest BCUT2D eigenvalue weighted by Crippen LogP contribution is 2.33. The second-order valence-corrected chi connectivity index (χ2v) is 9.26. The van der Waals surface area contributed by atoms with Crippen molar-refractivity contribution < 1.29 is 19.2 Å². The van der Waals surface area contributed by atoms with Crippen molar-refractivity contribution in [1.29, 1.82) is 0 Å². The fourth-order valence-electron chi connectivity index (χ4n) is 3.27. The maximum absolute atomic E-state index is 12.7. The van der Waals surface area contributed by atoms with Crippen molar-refractivity contribution in [2.45, 2.75) is 12.8 Å². The van der Waals surface area contributed by atoms with Gasteiger partial charge in [0.15, 0.2) is 0 Å². The zero-order chi connectivity index (χ0) is 20.5. The Labute approximate surface area is 179 Å². The number of thiophene rings is 1. The minimum Gasteiger partial charge on any atom is -0.338 e. The molecule has 0 bridgehead atoms. The summed E-state index contributed by atoms with van der Waals surface area (Å²) < 4.78 is 0.668. The lowest BCUT2D eigenvalue weighted by atomic mass is 10.2. The number of nitrogens with zero attached hydrogens (tertiary/aromatic N) is 4. The van der Waals surface area contributed by atoms with E-state index in [9.17, 15) is 19.2 Å². The predicted molar refractivity (Wildman–Crippen MR) is 109 cm³/mol. The molecule has 2 aliphatic rings. The largest absolute Gasteiger partial charge is 0.338 e. The first-order valence-electron chi connectivity index (χ1n) is 9.04. The first kappa shape index (κ1) is 20.0. The van der Waals surface area contributed by atoms with Gasteiger partial charge in [-0.05, 0) is 12.1 Å². The molecule has 29 heavy (non-hydrogen) atoms. The smallest absolute Gasteiger partial charge is 0.273 e. The molecule has 2 saturated heterocycles. The Balaban J connectivity index is 1.33. The third-order valence-corrected chi connectivity index (χ3v) is 7.12. The highest BCUT2D eigenvalue weighted by atomic mass is 35.5. The third kappa shape index (κ3) is 4.19. The van der Waals surface area contributed by atoms with Crippen LogP contribution in [0.3, 0.4) is 0 Å². The van der Waals surface area contributed by atoms with Gasteiger partial charge in [0.2, 0.25) is 17.7 Å². The molecule has 0 aliphatic carbocycles. The fraction of sp³-hybridized carbons (Fsp3) is 0.389.